The third-order valence-corrected chi connectivity index (χ3v) is 4.59. The maximum Gasteiger partial charge on any atom is 0.267 e. The summed E-state index contributed by atoms with van der Waals surface area (Å²) >= 11 is 1.19. The van der Waals surface area contributed by atoms with E-state index in [1.165, 1.54) is 35.6 Å². The first-order chi connectivity index (χ1) is 11.9. The maximum absolute atomic E-state index is 13.3. The van der Waals surface area contributed by atoms with Crippen molar-refractivity contribution in [3.63, 3.8) is 0 Å². The molecule has 0 aliphatic carbocycles. The van der Waals surface area contributed by atoms with Gasteiger partial charge in [-0.3, -0.25) is 4.79 Å². The topological polar surface area (TPSA) is 54.0 Å². The van der Waals surface area contributed by atoms with Gasteiger partial charge < -0.3 is 10.6 Å². The fourth-order valence-electron chi connectivity index (χ4n) is 2.23. The van der Waals surface area contributed by atoms with Crippen LogP contribution in [0.2, 0.25) is 0 Å². The zero-order valence-corrected chi connectivity index (χ0v) is 14.4. The van der Waals surface area contributed by atoms with Gasteiger partial charge in [-0.2, -0.15) is 0 Å². The van der Waals surface area contributed by atoms with E-state index in [0.717, 1.165) is 0 Å². The van der Waals surface area contributed by atoms with Crippen molar-refractivity contribution < 1.29 is 13.6 Å². The van der Waals surface area contributed by atoms with Crippen molar-refractivity contribution in [2.75, 3.05) is 10.6 Å². The van der Waals surface area contributed by atoms with Crippen LogP contribution < -0.4 is 10.6 Å². The molecule has 25 heavy (non-hydrogen) atoms. The van der Waals surface area contributed by atoms with E-state index in [1.54, 1.807) is 32.0 Å². The molecule has 7 heteroatoms. The predicted octanol–water partition coefficient (Wildman–Crippen LogP) is 5.03. The number of benzene rings is 2. The first-order valence-corrected chi connectivity index (χ1v) is 8.31. The number of carbonyl (C=O) groups excluding carboxylic acids is 1. The number of nitrogens with zero attached hydrogens (tertiary/aromatic N) is 1. The Morgan fingerprint density at radius 3 is 2.40 bits per heavy atom. The van der Waals surface area contributed by atoms with Crippen LogP contribution in [0.3, 0.4) is 0 Å². The molecule has 2 N–H and O–H groups in total. The SMILES string of the molecule is Cc1cc(NC(=O)c2sc(Nc3ccc(F)cc3)nc2C)ccc1F. The standard InChI is InChI=1S/C18H15F2N3OS/c1-10-9-14(7-8-15(10)20)22-17(24)16-11(2)21-18(25-16)23-13-5-3-12(19)4-6-13/h3-9H,1-2H3,(H,21,23)(H,22,24). The van der Waals surface area contributed by atoms with Crippen LogP contribution >= 0.6 is 11.3 Å². The molecule has 1 aromatic heterocycles. The number of aryl methyl sites for hydroxylation is 2. The minimum absolute atomic E-state index is 0.312. The lowest BCUT2D eigenvalue weighted by Crippen LogP contribution is -2.11. The number of thiazole rings is 1. The molecule has 0 spiro atoms. The molecule has 0 bridgehead atoms. The summed E-state index contributed by atoms with van der Waals surface area (Å²) in [6, 6.07) is 10.3. The lowest BCUT2D eigenvalue weighted by atomic mass is 10.2. The van der Waals surface area contributed by atoms with E-state index >= 15 is 0 Å². The third kappa shape index (κ3) is 4.00. The number of carbonyl (C=O) groups is 1. The zero-order chi connectivity index (χ0) is 18.0. The Balaban J connectivity index is 1.75. The highest BCUT2D eigenvalue weighted by molar-refractivity contribution is 7.17. The number of amides is 1. The Labute approximate surface area is 147 Å². The van der Waals surface area contributed by atoms with Gasteiger partial charge in [0.1, 0.15) is 16.5 Å². The van der Waals surface area contributed by atoms with Crippen molar-refractivity contribution in [1.82, 2.24) is 4.98 Å². The van der Waals surface area contributed by atoms with Gasteiger partial charge in [0.25, 0.3) is 5.91 Å². The highest BCUT2D eigenvalue weighted by atomic mass is 32.1. The predicted molar refractivity (Wildman–Crippen MR) is 95.6 cm³/mol. The molecule has 0 saturated carbocycles. The molecule has 0 atom stereocenters. The van der Waals surface area contributed by atoms with Crippen LogP contribution in [0.5, 0.6) is 0 Å². The van der Waals surface area contributed by atoms with Crippen LogP contribution in [0, 0.1) is 25.5 Å². The first-order valence-electron chi connectivity index (χ1n) is 7.50. The maximum atomic E-state index is 13.3. The summed E-state index contributed by atoms with van der Waals surface area (Å²) < 4.78 is 26.2. The molecule has 128 valence electrons. The lowest BCUT2D eigenvalue weighted by Gasteiger charge is -2.05. The van der Waals surface area contributed by atoms with Crippen LogP contribution in [0.15, 0.2) is 42.5 Å². The average Bonchev–Trinajstić information content (AvgIpc) is 2.94. The van der Waals surface area contributed by atoms with Crippen molar-refractivity contribution >= 4 is 33.8 Å². The van der Waals surface area contributed by atoms with E-state index in [4.69, 9.17) is 0 Å². The summed E-state index contributed by atoms with van der Waals surface area (Å²) in [5.74, 6) is -0.957. The molecule has 3 aromatic rings. The van der Waals surface area contributed by atoms with Gasteiger partial charge in [0, 0.05) is 11.4 Å². The molecular weight excluding hydrogens is 344 g/mol. The van der Waals surface area contributed by atoms with Gasteiger partial charge in [-0.25, -0.2) is 13.8 Å². The van der Waals surface area contributed by atoms with E-state index < -0.39 is 0 Å². The summed E-state index contributed by atoms with van der Waals surface area (Å²) in [6.07, 6.45) is 0. The van der Waals surface area contributed by atoms with Crippen molar-refractivity contribution in [1.29, 1.82) is 0 Å². The minimum atomic E-state index is -0.324. The van der Waals surface area contributed by atoms with Gasteiger partial charge in [0.05, 0.1) is 5.69 Å². The molecule has 1 amide bonds. The van der Waals surface area contributed by atoms with Crippen molar-refractivity contribution in [2.45, 2.75) is 13.8 Å². The lowest BCUT2D eigenvalue weighted by molar-refractivity contribution is 0.103. The van der Waals surface area contributed by atoms with Crippen molar-refractivity contribution in [3.05, 3.63) is 70.2 Å². The molecule has 0 saturated heterocycles. The minimum Gasteiger partial charge on any atom is -0.332 e. The van der Waals surface area contributed by atoms with Crippen molar-refractivity contribution in [3.8, 4) is 0 Å². The Morgan fingerprint density at radius 1 is 1.04 bits per heavy atom. The first kappa shape index (κ1) is 17.0. The zero-order valence-electron chi connectivity index (χ0n) is 13.6. The molecule has 4 nitrogen and oxygen atoms in total. The van der Waals surface area contributed by atoms with Gasteiger partial charge in [-0.05, 0) is 61.9 Å². The van der Waals surface area contributed by atoms with Gasteiger partial charge in [0.2, 0.25) is 0 Å². The smallest absolute Gasteiger partial charge is 0.267 e. The van der Waals surface area contributed by atoms with Crippen LogP contribution in [0.4, 0.5) is 25.3 Å². The summed E-state index contributed by atoms with van der Waals surface area (Å²) in [6.45, 7) is 3.37. The molecule has 0 fully saturated rings. The van der Waals surface area contributed by atoms with Gasteiger partial charge in [-0.15, -0.1) is 0 Å². The van der Waals surface area contributed by atoms with Gasteiger partial charge in [0.15, 0.2) is 5.13 Å². The van der Waals surface area contributed by atoms with Crippen LogP contribution in [0.25, 0.3) is 0 Å². The van der Waals surface area contributed by atoms with Gasteiger partial charge in [-0.1, -0.05) is 11.3 Å². The second-order valence-corrected chi connectivity index (χ2v) is 6.48. The second-order valence-electron chi connectivity index (χ2n) is 5.48. The normalized spacial score (nSPS) is 10.6. The molecule has 0 radical (unpaired) electrons. The summed E-state index contributed by atoms with van der Waals surface area (Å²) in [5, 5.41) is 6.31. The number of hydrogen-bond acceptors (Lipinski definition) is 4. The van der Waals surface area contributed by atoms with E-state index in [1.807, 2.05) is 0 Å². The largest absolute Gasteiger partial charge is 0.332 e. The summed E-state index contributed by atoms with van der Waals surface area (Å²) in [5.41, 5.74) is 2.23. The molecule has 0 aliphatic heterocycles. The molecule has 1 heterocycles. The number of halogens is 2. The quantitative estimate of drug-likeness (QED) is 0.687. The molecule has 0 aliphatic rings. The summed E-state index contributed by atoms with van der Waals surface area (Å²) in [7, 11) is 0. The summed E-state index contributed by atoms with van der Waals surface area (Å²) in [4.78, 5) is 17.2. The number of rotatable bonds is 4. The Morgan fingerprint density at radius 2 is 1.72 bits per heavy atom. The highest BCUT2D eigenvalue weighted by Crippen LogP contribution is 2.27. The third-order valence-electron chi connectivity index (χ3n) is 3.51. The van der Waals surface area contributed by atoms with E-state index in [2.05, 4.69) is 15.6 Å². The Kier molecular flexibility index (Phi) is 4.76. The fraction of sp³-hybridized carbons (Fsp3) is 0.111. The average molecular weight is 359 g/mol. The van der Waals surface area contributed by atoms with Crippen LogP contribution in [0.1, 0.15) is 20.9 Å². The van der Waals surface area contributed by atoms with Crippen LogP contribution in [-0.4, -0.2) is 10.9 Å². The highest BCUT2D eigenvalue weighted by Gasteiger charge is 2.16. The van der Waals surface area contributed by atoms with E-state index in [0.29, 0.717) is 32.6 Å². The Bertz CT molecular complexity index is 923. The monoisotopic (exact) mass is 359 g/mol. The van der Waals surface area contributed by atoms with E-state index in [9.17, 15) is 13.6 Å². The second kappa shape index (κ2) is 6.98. The molecule has 2 aromatic carbocycles. The fourth-order valence-corrected chi connectivity index (χ4v) is 3.11. The molecular formula is C18H15F2N3OS. The van der Waals surface area contributed by atoms with Crippen LogP contribution in [-0.2, 0) is 0 Å². The number of aromatic nitrogens is 1. The number of nitrogens with one attached hydrogen (secondary N) is 2. The van der Waals surface area contributed by atoms with Gasteiger partial charge >= 0.3 is 0 Å². The molecule has 0 unspecified atom stereocenters. The van der Waals surface area contributed by atoms with Crippen molar-refractivity contribution in [2.24, 2.45) is 0 Å². The number of hydrogen-bond donors (Lipinski definition) is 2. The molecule has 3 rings (SSSR count). The Hall–Kier alpha value is -2.80. The number of anilines is 3. The van der Waals surface area contributed by atoms with E-state index in [-0.39, 0.29) is 17.5 Å².